The third-order valence-electron chi connectivity index (χ3n) is 3.34. The molecule has 3 aromatic carbocycles. The van der Waals surface area contributed by atoms with Gasteiger partial charge >= 0.3 is 0 Å². The third kappa shape index (κ3) is 4.12. The molecule has 122 valence electrons. The minimum absolute atomic E-state index is 0.631. The Morgan fingerprint density at radius 1 is 0.792 bits per heavy atom. The molecule has 24 heavy (non-hydrogen) atoms. The molecule has 0 radical (unpaired) electrons. The maximum Gasteiger partial charge on any atom is 0.143 e. The van der Waals surface area contributed by atoms with Crippen molar-refractivity contribution in [2.45, 2.75) is 0 Å². The molecule has 0 fully saturated rings. The van der Waals surface area contributed by atoms with Crippen molar-refractivity contribution in [1.82, 2.24) is 0 Å². The van der Waals surface area contributed by atoms with Crippen LogP contribution in [-0.2, 0) is 0 Å². The first-order valence-electron chi connectivity index (χ1n) is 7.43. The largest absolute Gasteiger partial charge is 0.495 e. The van der Waals surface area contributed by atoms with Gasteiger partial charge in [-0.15, -0.1) is 0 Å². The molecule has 0 heterocycles. The van der Waals surface area contributed by atoms with Crippen LogP contribution in [0.2, 0.25) is 5.02 Å². The summed E-state index contributed by atoms with van der Waals surface area (Å²) in [5.41, 5.74) is 7.85. The maximum atomic E-state index is 6.01. The standard InChI is InChI=1S/C19H17ClN2O2/c1-23-19-12-7-14(20)13-18(19)22-21-15-8-10-17(11-9-15)24-16-5-3-2-4-6-16/h2-13,21-22H,1H3. The van der Waals surface area contributed by atoms with E-state index in [1.165, 1.54) is 0 Å². The molecule has 0 saturated heterocycles. The Hall–Kier alpha value is -2.85. The van der Waals surface area contributed by atoms with Crippen LogP contribution in [0.15, 0.2) is 72.8 Å². The van der Waals surface area contributed by atoms with Crippen molar-refractivity contribution in [3.63, 3.8) is 0 Å². The van der Waals surface area contributed by atoms with Crippen molar-refractivity contribution in [2.24, 2.45) is 0 Å². The van der Waals surface area contributed by atoms with Gasteiger partial charge < -0.3 is 14.9 Å². The average Bonchev–Trinajstić information content (AvgIpc) is 2.62. The number of hydrazine groups is 1. The number of hydrogen-bond donors (Lipinski definition) is 2. The second-order valence-electron chi connectivity index (χ2n) is 5.03. The van der Waals surface area contributed by atoms with Crippen molar-refractivity contribution in [3.8, 4) is 17.2 Å². The normalized spacial score (nSPS) is 10.1. The van der Waals surface area contributed by atoms with Gasteiger partial charge in [-0.25, -0.2) is 0 Å². The highest BCUT2D eigenvalue weighted by Crippen LogP contribution is 2.28. The monoisotopic (exact) mass is 340 g/mol. The molecule has 4 nitrogen and oxygen atoms in total. The number of anilines is 2. The van der Waals surface area contributed by atoms with Crippen LogP contribution in [-0.4, -0.2) is 7.11 Å². The molecule has 0 spiro atoms. The maximum absolute atomic E-state index is 6.01. The van der Waals surface area contributed by atoms with E-state index in [2.05, 4.69) is 10.9 Å². The van der Waals surface area contributed by atoms with Gasteiger partial charge in [0, 0.05) is 5.02 Å². The van der Waals surface area contributed by atoms with Crippen LogP contribution in [0.5, 0.6) is 17.2 Å². The van der Waals surface area contributed by atoms with Gasteiger partial charge in [0.25, 0.3) is 0 Å². The lowest BCUT2D eigenvalue weighted by atomic mass is 10.3. The number of nitrogens with one attached hydrogen (secondary N) is 2. The molecule has 0 saturated carbocycles. The van der Waals surface area contributed by atoms with E-state index in [0.717, 1.165) is 22.9 Å². The fraction of sp³-hybridized carbons (Fsp3) is 0.0526. The van der Waals surface area contributed by atoms with Crippen molar-refractivity contribution in [1.29, 1.82) is 0 Å². The van der Waals surface area contributed by atoms with Gasteiger partial charge in [-0.1, -0.05) is 29.8 Å². The molecular weight excluding hydrogens is 324 g/mol. The highest BCUT2D eigenvalue weighted by molar-refractivity contribution is 6.30. The van der Waals surface area contributed by atoms with Gasteiger partial charge in [0.2, 0.25) is 0 Å². The molecule has 0 unspecified atom stereocenters. The van der Waals surface area contributed by atoms with E-state index in [9.17, 15) is 0 Å². The first-order valence-corrected chi connectivity index (χ1v) is 7.81. The zero-order valence-corrected chi connectivity index (χ0v) is 13.9. The Morgan fingerprint density at radius 2 is 1.50 bits per heavy atom. The summed E-state index contributed by atoms with van der Waals surface area (Å²) in [7, 11) is 1.62. The van der Waals surface area contributed by atoms with Gasteiger partial charge in [0.05, 0.1) is 18.5 Å². The molecular formula is C19H17ClN2O2. The van der Waals surface area contributed by atoms with Crippen molar-refractivity contribution in [3.05, 3.63) is 77.8 Å². The zero-order chi connectivity index (χ0) is 16.8. The summed E-state index contributed by atoms with van der Waals surface area (Å²) >= 11 is 6.01. The quantitative estimate of drug-likeness (QED) is 0.575. The SMILES string of the molecule is COc1ccc(Cl)cc1NNc1ccc(Oc2ccccc2)cc1. The predicted molar refractivity (Wildman–Crippen MR) is 98.2 cm³/mol. The highest BCUT2D eigenvalue weighted by Gasteiger charge is 2.03. The summed E-state index contributed by atoms with van der Waals surface area (Å²) in [6.07, 6.45) is 0. The minimum Gasteiger partial charge on any atom is -0.495 e. The Balaban J connectivity index is 1.63. The summed E-state index contributed by atoms with van der Waals surface area (Å²) in [5.74, 6) is 2.28. The number of benzene rings is 3. The van der Waals surface area contributed by atoms with E-state index in [-0.39, 0.29) is 0 Å². The van der Waals surface area contributed by atoms with Gasteiger partial charge in [-0.05, 0) is 54.6 Å². The molecule has 5 heteroatoms. The van der Waals surface area contributed by atoms with Crippen LogP contribution in [0.1, 0.15) is 0 Å². The number of methoxy groups -OCH3 is 1. The Bertz CT molecular complexity index is 792. The molecule has 0 aliphatic heterocycles. The van der Waals surface area contributed by atoms with Crippen molar-refractivity contribution < 1.29 is 9.47 Å². The summed E-state index contributed by atoms with van der Waals surface area (Å²) in [5, 5.41) is 0.631. The van der Waals surface area contributed by atoms with E-state index in [1.807, 2.05) is 60.7 Å². The Labute approximate surface area is 146 Å². The third-order valence-corrected chi connectivity index (χ3v) is 3.57. The number of hydrogen-bond acceptors (Lipinski definition) is 4. The smallest absolute Gasteiger partial charge is 0.143 e. The summed E-state index contributed by atoms with van der Waals surface area (Å²) < 4.78 is 11.1. The molecule has 0 atom stereocenters. The second-order valence-corrected chi connectivity index (χ2v) is 5.47. The fourth-order valence-corrected chi connectivity index (χ4v) is 2.32. The Kier molecular flexibility index (Phi) is 5.08. The van der Waals surface area contributed by atoms with E-state index in [4.69, 9.17) is 21.1 Å². The molecule has 0 bridgehead atoms. The van der Waals surface area contributed by atoms with E-state index in [1.54, 1.807) is 19.2 Å². The summed E-state index contributed by atoms with van der Waals surface area (Å²) in [6, 6.07) is 22.7. The molecule has 0 aromatic heterocycles. The van der Waals surface area contributed by atoms with Crippen molar-refractivity contribution in [2.75, 3.05) is 18.0 Å². The molecule has 3 rings (SSSR count). The summed E-state index contributed by atoms with van der Waals surface area (Å²) in [4.78, 5) is 0. The molecule has 0 amide bonds. The number of rotatable bonds is 6. The van der Waals surface area contributed by atoms with E-state index >= 15 is 0 Å². The van der Waals surface area contributed by atoms with Gasteiger partial charge in [-0.3, -0.25) is 5.43 Å². The predicted octanol–water partition coefficient (Wildman–Crippen LogP) is 5.58. The number of ether oxygens (including phenoxy) is 2. The average molecular weight is 341 g/mol. The minimum atomic E-state index is 0.631. The van der Waals surface area contributed by atoms with Gasteiger partial charge in [-0.2, -0.15) is 0 Å². The van der Waals surface area contributed by atoms with Gasteiger partial charge in [0.15, 0.2) is 0 Å². The number of para-hydroxylation sites is 1. The van der Waals surface area contributed by atoms with Crippen LogP contribution in [0.4, 0.5) is 11.4 Å². The fourth-order valence-electron chi connectivity index (χ4n) is 2.15. The highest BCUT2D eigenvalue weighted by atomic mass is 35.5. The molecule has 2 N–H and O–H groups in total. The van der Waals surface area contributed by atoms with Crippen LogP contribution in [0, 0.1) is 0 Å². The van der Waals surface area contributed by atoms with E-state index in [0.29, 0.717) is 10.8 Å². The first-order chi connectivity index (χ1) is 11.7. The number of halogens is 1. The molecule has 3 aromatic rings. The van der Waals surface area contributed by atoms with Crippen LogP contribution < -0.4 is 20.3 Å². The van der Waals surface area contributed by atoms with Crippen LogP contribution in [0.25, 0.3) is 0 Å². The Morgan fingerprint density at radius 3 is 2.21 bits per heavy atom. The second kappa shape index (κ2) is 7.62. The van der Waals surface area contributed by atoms with Crippen LogP contribution >= 0.6 is 11.6 Å². The van der Waals surface area contributed by atoms with Crippen LogP contribution in [0.3, 0.4) is 0 Å². The lowest BCUT2D eigenvalue weighted by molar-refractivity contribution is 0.416. The van der Waals surface area contributed by atoms with E-state index < -0.39 is 0 Å². The molecule has 0 aliphatic carbocycles. The lowest BCUT2D eigenvalue weighted by Gasteiger charge is -2.14. The van der Waals surface area contributed by atoms with Gasteiger partial charge in [0.1, 0.15) is 17.2 Å². The first kappa shape index (κ1) is 16.0. The zero-order valence-electron chi connectivity index (χ0n) is 13.1. The topological polar surface area (TPSA) is 42.5 Å². The lowest BCUT2D eigenvalue weighted by Crippen LogP contribution is -2.09. The van der Waals surface area contributed by atoms with Crippen molar-refractivity contribution >= 4 is 23.0 Å². The molecule has 0 aliphatic rings. The summed E-state index contributed by atoms with van der Waals surface area (Å²) in [6.45, 7) is 0.